The molecule has 1 aromatic rings. The standard InChI is InChI=1S/C11H11NO2/c1-8-7-9(3-2-6-12)4-5-10(8)11(13)14/h4-5,7H,2-3H2,1H3,(H,13,14). The van der Waals surface area contributed by atoms with Crippen LogP contribution in [0.2, 0.25) is 0 Å². The number of aromatic carboxylic acids is 1. The molecule has 3 nitrogen and oxygen atoms in total. The summed E-state index contributed by atoms with van der Waals surface area (Å²) in [5.41, 5.74) is 2.08. The SMILES string of the molecule is Cc1cc(CCC#N)ccc1C(=O)O. The fraction of sp³-hybridized carbons (Fsp3) is 0.273. The third-order valence-electron chi connectivity index (χ3n) is 2.05. The van der Waals surface area contributed by atoms with Crippen LogP contribution >= 0.6 is 0 Å². The molecule has 72 valence electrons. The van der Waals surface area contributed by atoms with E-state index >= 15 is 0 Å². The van der Waals surface area contributed by atoms with Crippen LogP contribution in [-0.2, 0) is 6.42 Å². The van der Waals surface area contributed by atoms with Crippen LogP contribution in [0.25, 0.3) is 0 Å². The Labute approximate surface area is 82.6 Å². The number of aryl methyl sites for hydroxylation is 2. The summed E-state index contributed by atoms with van der Waals surface area (Å²) in [6, 6.07) is 7.22. The first kappa shape index (κ1) is 10.3. The number of carbonyl (C=O) groups is 1. The Kier molecular flexibility index (Phi) is 3.24. The number of carboxylic acids is 1. The third kappa shape index (κ3) is 2.33. The fourth-order valence-electron chi connectivity index (χ4n) is 1.32. The number of rotatable bonds is 3. The van der Waals surface area contributed by atoms with E-state index in [1.54, 1.807) is 19.1 Å². The Morgan fingerprint density at radius 2 is 2.29 bits per heavy atom. The molecule has 0 aliphatic heterocycles. The van der Waals surface area contributed by atoms with E-state index in [0.29, 0.717) is 18.4 Å². The molecule has 3 heteroatoms. The zero-order chi connectivity index (χ0) is 10.6. The van der Waals surface area contributed by atoms with Crippen molar-refractivity contribution in [2.45, 2.75) is 19.8 Å². The summed E-state index contributed by atoms with van der Waals surface area (Å²) in [6.45, 7) is 1.76. The molecule has 0 aliphatic carbocycles. The number of carboxylic acid groups (broad SMARTS) is 1. The summed E-state index contributed by atoms with van der Waals surface area (Å²) in [4.78, 5) is 10.7. The second kappa shape index (κ2) is 4.43. The second-order valence-electron chi connectivity index (χ2n) is 3.11. The van der Waals surface area contributed by atoms with Gasteiger partial charge in [-0.2, -0.15) is 5.26 Å². The van der Waals surface area contributed by atoms with Crippen molar-refractivity contribution < 1.29 is 9.90 Å². The van der Waals surface area contributed by atoms with Crippen molar-refractivity contribution in [1.29, 1.82) is 5.26 Å². The highest BCUT2D eigenvalue weighted by molar-refractivity contribution is 5.89. The lowest BCUT2D eigenvalue weighted by Gasteiger charge is -2.03. The summed E-state index contributed by atoms with van der Waals surface area (Å²) in [5, 5.41) is 17.2. The third-order valence-corrected chi connectivity index (χ3v) is 2.05. The summed E-state index contributed by atoms with van der Waals surface area (Å²) < 4.78 is 0. The van der Waals surface area contributed by atoms with E-state index in [0.717, 1.165) is 11.1 Å². The van der Waals surface area contributed by atoms with Gasteiger partial charge in [0.25, 0.3) is 0 Å². The van der Waals surface area contributed by atoms with Crippen LogP contribution in [0.4, 0.5) is 0 Å². The first-order chi connectivity index (χ1) is 6.65. The number of nitrogens with zero attached hydrogens (tertiary/aromatic N) is 1. The molecule has 1 aromatic carbocycles. The number of benzene rings is 1. The number of hydrogen-bond acceptors (Lipinski definition) is 2. The van der Waals surface area contributed by atoms with Crippen LogP contribution < -0.4 is 0 Å². The van der Waals surface area contributed by atoms with E-state index in [1.165, 1.54) is 0 Å². The first-order valence-electron chi connectivity index (χ1n) is 4.35. The predicted molar refractivity (Wildman–Crippen MR) is 52.1 cm³/mol. The lowest BCUT2D eigenvalue weighted by Crippen LogP contribution is -2.00. The van der Waals surface area contributed by atoms with Crippen LogP contribution in [0.1, 0.15) is 27.9 Å². The van der Waals surface area contributed by atoms with E-state index in [-0.39, 0.29) is 0 Å². The number of nitriles is 1. The lowest BCUT2D eigenvalue weighted by molar-refractivity contribution is 0.0696. The van der Waals surface area contributed by atoms with Gasteiger partial charge in [0.15, 0.2) is 0 Å². The predicted octanol–water partition coefficient (Wildman–Crippen LogP) is 2.15. The minimum atomic E-state index is -0.908. The maximum Gasteiger partial charge on any atom is 0.335 e. The summed E-state index contributed by atoms with van der Waals surface area (Å²) >= 11 is 0. The second-order valence-corrected chi connectivity index (χ2v) is 3.11. The number of hydrogen-bond donors (Lipinski definition) is 1. The molecule has 14 heavy (non-hydrogen) atoms. The van der Waals surface area contributed by atoms with Crippen molar-refractivity contribution in [1.82, 2.24) is 0 Å². The summed E-state index contributed by atoms with van der Waals surface area (Å²) in [6.07, 6.45) is 1.14. The van der Waals surface area contributed by atoms with E-state index < -0.39 is 5.97 Å². The molecular formula is C11H11NO2. The molecule has 0 saturated carbocycles. The molecule has 0 spiro atoms. The minimum absolute atomic E-state index is 0.325. The Bertz CT molecular complexity index is 391. The molecule has 0 saturated heterocycles. The molecular weight excluding hydrogens is 178 g/mol. The van der Waals surface area contributed by atoms with Gasteiger partial charge >= 0.3 is 5.97 Å². The highest BCUT2D eigenvalue weighted by Crippen LogP contribution is 2.12. The van der Waals surface area contributed by atoms with Crippen LogP contribution in [0.3, 0.4) is 0 Å². The molecule has 1 rings (SSSR count). The Hall–Kier alpha value is -1.82. The Morgan fingerprint density at radius 3 is 2.79 bits per heavy atom. The van der Waals surface area contributed by atoms with Crippen LogP contribution in [0, 0.1) is 18.3 Å². The average Bonchev–Trinajstić information content (AvgIpc) is 2.14. The van der Waals surface area contributed by atoms with Gasteiger partial charge in [0, 0.05) is 6.42 Å². The largest absolute Gasteiger partial charge is 0.478 e. The van der Waals surface area contributed by atoms with Gasteiger partial charge in [-0.05, 0) is 30.5 Å². The highest BCUT2D eigenvalue weighted by atomic mass is 16.4. The Morgan fingerprint density at radius 1 is 1.57 bits per heavy atom. The van der Waals surface area contributed by atoms with Crippen molar-refractivity contribution in [2.75, 3.05) is 0 Å². The zero-order valence-electron chi connectivity index (χ0n) is 7.95. The van der Waals surface area contributed by atoms with Gasteiger partial charge in [-0.25, -0.2) is 4.79 Å². The van der Waals surface area contributed by atoms with Crippen molar-refractivity contribution in [3.05, 3.63) is 34.9 Å². The molecule has 0 bridgehead atoms. The monoisotopic (exact) mass is 189 g/mol. The van der Waals surface area contributed by atoms with Gasteiger partial charge in [-0.1, -0.05) is 12.1 Å². The van der Waals surface area contributed by atoms with Crippen LogP contribution in [0.5, 0.6) is 0 Å². The lowest BCUT2D eigenvalue weighted by atomic mass is 10.0. The fourth-order valence-corrected chi connectivity index (χ4v) is 1.32. The average molecular weight is 189 g/mol. The summed E-state index contributed by atoms with van der Waals surface area (Å²) in [7, 11) is 0. The zero-order valence-corrected chi connectivity index (χ0v) is 7.95. The molecule has 1 N–H and O–H groups in total. The molecule has 0 unspecified atom stereocenters. The van der Waals surface area contributed by atoms with E-state index in [1.807, 2.05) is 6.07 Å². The van der Waals surface area contributed by atoms with E-state index in [9.17, 15) is 4.79 Å². The van der Waals surface area contributed by atoms with Crippen molar-refractivity contribution in [2.24, 2.45) is 0 Å². The maximum absolute atomic E-state index is 10.7. The minimum Gasteiger partial charge on any atom is -0.478 e. The van der Waals surface area contributed by atoms with Gasteiger partial charge in [0.2, 0.25) is 0 Å². The van der Waals surface area contributed by atoms with Crippen molar-refractivity contribution in [3.63, 3.8) is 0 Å². The van der Waals surface area contributed by atoms with E-state index in [4.69, 9.17) is 10.4 Å². The van der Waals surface area contributed by atoms with Gasteiger partial charge in [0.1, 0.15) is 0 Å². The van der Waals surface area contributed by atoms with Gasteiger partial charge < -0.3 is 5.11 Å². The molecule has 0 amide bonds. The van der Waals surface area contributed by atoms with Crippen molar-refractivity contribution >= 4 is 5.97 Å². The molecule has 0 aromatic heterocycles. The quantitative estimate of drug-likeness (QED) is 0.792. The molecule has 0 atom stereocenters. The molecule has 0 fully saturated rings. The first-order valence-corrected chi connectivity index (χ1v) is 4.35. The van der Waals surface area contributed by atoms with Crippen LogP contribution in [0.15, 0.2) is 18.2 Å². The molecule has 0 heterocycles. The highest BCUT2D eigenvalue weighted by Gasteiger charge is 2.06. The maximum atomic E-state index is 10.7. The van der Waals surface area contributed by atoms with Crippen LogP contribution in [-0.4, -0.2) is 11.1 Å². The van der Waals surface area contributed by atoms with Gasteiger partial charge in [0.05, 0.1) is 11.6 Å². The molecule has 0 radical (unpaired) electrons. The molecule has 0 aliphatic rings. The smallest absolute Gasteiger partial charge is 0.335 e. The van der Waals surface area contributed by atoms with Crippen molar-refractivity contribution in [3.8, 4) is 6.07 Å². The van der Waals surface area contributed by atoms with Gasteiger partial charge in [-0.15, -0.1) is 0 Å². The topological polar surface area (TPSA) is 61.1 Å². The normalized spacial score (nSPS) is 9.43. The summed E-state index contributed by atoms with van der Waals surface area (Å²) in [5.74, 6) is -0.908. The Balaban J connectivity index is 2.90. The van der Waals surface area contributed by atoms with Gasteiger partial charge in [-0.3, -0.25) is 0 Å². The van der Waals surface area contributed by atoms with E-state index in [2.05, 4.69) is 6.07 Å².